The Bertz CT molecular complexity index is 570. The molecule has 4 heteroatoms. The van der Waals surface area contributed by atoms with Crippen LogP contribution in [0.2, 0.25) is 0 Å². The smallest absolute Gasteiger partial charge is 0.219 e. The molecule has 1 aromatic carbocycles. The Morgan fingerprint density at radius 1 is 1.14 bits per heavy atom. The maximum Gasteiger partial charge on any atom is 0.219 e. The number of aryl methyl sites for hydroxylation is 1. The Morgan fingerprint density at radius 3 is 2.57 bits per heavy atom. The quantitative estimate of drug-likeness (QED) is 0.736. The molecule has 0 aliphatic carbocycles. The molecule has 0 atom stereocenters. The maximum absolute atomic E-state index is 5.86. The van der Waals surface area contributed by atoms with E-state index in [0.717, 1.165) is 41.8 Å². The highest BCUT2D eigenvalue weighted by atomic mass is 79.9. The van der Waals surface area contributed by atoms with E-state index < -0.39 is 0 Å². The van der Waals surface area contributed by atoms with Crippen LogP contribution >= 0.6 is 15.9 Å². The fourth-order valence-electron chi connectivity index (χ4n) is 1.99. The van der Waals surface area contributed by atoms with E-state index in [1.165, 1.54) is 5.56 Å². The Kier molecular flexibility index (Phi) is 6.21. The van der Waals surface area contributed by atoms with Gasteiger partial charge in [0.05, 0.1) is 0 Å². The molecule has 112 valence electrons. The molecule has 0 bridgehead atoms. The highest BCUT2D eigenvalue weighted by Crippen LogP contribution is 2.23. The van der Waals surface area contributed by atoms with Gasteiger partial charge in [0.1, 0.15) is 5.75 Å². The molecule has 1 heterocycles. The van der Waals surface area contributed by atoms with Crippen molar-refractivity contribution in [3.8, 4) is 11.6 Å². The predicted octanol–water partition coefficient (Wildman–Crippen LogP) is 4.70. The largest absolute Gasteiger partial charge is 0.439 e. The lowest BCUT2D eigenvalue weighted by atomic mass is 10.2. The summed E-state index contributed by atoms with van der Waals surface area (Å²) < 4.78 is 6.90. The van der Waals surface area contributed by atoms with E-state index in [2.05, 4.69) is 46.1 Å². The third kappa shape index (κ3) is 5.14. The van der Waals surface area contributed by atoms with E-state index in [4.69, 9.17) is 4.74 Å². The Labute approximate surface area is 134 Å². The van der Waals surface area contributed by atoms with Crippen molar-refractivity contribution in [2.75, 3.05) is 6.54 Å². The van der Waals surface area contributed by atoms with E-state index in [-0.39, 0.29) is 0 Å². The number of halogens is 1. The van der Waals surface area contributed by atoms with E-state index in [9.17, 15) is 0 Å². The topological polar surface area (TPSA) is 34.2 Å². The van der Waals surface area contributed by atoms with Crippen LogP contribution in [0.4, 0.5) is 0 Å². The number of hydrogen-bond acceptors (Lipinski definition) is 3. The summed E-state index contributed by atoms with van der Waals surface area (Å²) >= 11 is 3.42. The first-order valence-corrected chi connectivity index (χ1v) is 8.14. The van der Waals surface area contributed by atoms with Crippen LogP contribution in [0.25, 0.3) is 0 Å². The molecule has 0 amide bonds. The second-order valence-corrected chi connectivity index (χ2v) is 5.81. The van der Waals surface area contributed by atoms with Crippen LogP contribution in [0.15, 0.2) is 40.9 Å². The van der Waals surface area contributed by atoms with Gasteiger partial charge in [-0.2, -0.15) is 0 Å². The molecule has 2 rings (SSSR count). The molecule has 0 fully saturated rings. The number of hydrogen-bond donors (Lipinski definition) is 1. The summed E-state index contributed by atoms with van der Waals surface area (Å²) in [5.41, 5.74) is 2.26. The van der Waals surface area contributed by atoms with Crippen molar-refractivity contribution in [1.82, 2.24) is 10.3 Å². The second-order valence-electron chi connectivity index (χ2n) is 4.89. The molecule has 3 nitrogen and oxygen atoms in total. The van der Waals surface area contributed by atoms with Crippen molar-refractivity contribution < 1.29 is 4.74 Å². The highest BCUT2D eigenvalue weighted by molar-refractivity contribution is 9.10. The number of aromatic nitrogens is 1. The molecule has 0 unspecified atom stereocenters. The molecule has 0 aliphatic heterocycles. The minimum atomic E-state index is 0.657. The zero-order valence-corrected chi connectivity index (χ0v) is 14.1. The number of nitrogens with one attached hydrogen (secondary N) is 1. The van der Waals surface area contributed by atoms with Gasteiger partial charge in [-0.05, 0) is 55.3 Å². The fraction of sp³-hybridized carbons (Fsp3) is 0.353. The van der Waals surface area contributed by atoms with Crippen molar-refractivity contribution in [1.29, 1.82) is 0 Å². The zero-order valence-electron chi connectivity index (χ0n) is 12.5. The van der Waals surface area contributed by atoms with Crippen LogP contribution in [0, 0.1) is 0 Å². The lowest BCUT2D eigenvalue weighted by molar-refractivity contribution is 0.459. The SMILES string of the molecule is CCCNCc1cc(CC)nc(Oc2ccc(Br)cc2)c1. The lowest BCUT2D eigenvalue weighted by Gasteiger charge is -2.10. The highest BCUT2D eigenvalue weighted by Gasteiger charge is 2.04. The van der Waals surface area contributed by atoms with Gasteiger partial charge in [-0.25, -0.2) is 4.98 Å². The van der Waals surface area contributed by atoms with Crippen LogP contribution in [0.3, 0.4) is 0 Å². The first kappa shape index (κ1) is 16.0. The average Bonchev–Trinajstić information content (AvgIpc) is 2.50. The molecule has 1 N–H and O–H groups in total. The average molecular weight is 349 g/mol. The number of rotatable bonds is 7. The molecule has 0 saturated heterocycles. The van der Waals surface area contributed by atoms with E-state index in [0.29, 0.717) is 5.88 Å². The van der Waals surface area contributed by atoms with Crippen LogP contribution in [-0.4, -0.2) is 11.5 Å². The molecule has 0 saturated carbocycles. The lowest BCUT2D eigenvalue weighted by Crippen LogP contribution is -2.14. The molecule has 1 aromatic heterocycles. The van der Waals surface area contributed by atoms with Crippen LogP contribution in [0.1, 0.15) is 31.5 Å². The van der Waals surface area contributed by atoms with Crippen LogP contribution in [-0.2, 0) is 13.0 Å². The van der Waals surface area contributed by atoms with Crippen molar-refractivity contribution in [3.63, 3.8) is 0 Å². The summed E-state index contributed by atoms with van der Waals surface area (Å²) in [6.45, 7) is 6.14. The number of ether oxygens (including phenoxy) is 1. The Morgan fingerprint density at radius 2 is 1.90 bits per heavy atom. The van der Waals surface area contributed by atoms with Gasteiger partial charge in [-0.15, -0.1) is 0 Å². The number of pyridine rings is 1. The zero-order chi connectivity index (χ0) is 15.1. The number of benzene rings is 1. The van der Waals surface area contributed by atoms with Crippen LogP contribution in [0.5, 0.6) is 11.6 Å². The van der Waals surface area contributed by atoms with Crippen molar-refractivity contribution >= 4 is 15.9 Å². The fourth-order valence-corrected chi connectivity index (χ4v) is 2.25. The summed E-state index contributed by atoms with van der Waals surface area (Å²) in [4.78, 5) is 4.54. The summed E-state index contributed by atoms with van der Waals surface area (Å²) in [7, 11) is 0. The van der Waals surface area contributed by atoms with E-state index in [1.807, 2.05) is 30.3 Å². The van der Waals surface area contributed by atoms with Gasteiger partial charge in [0.25, 0.3) is 0 Å². The van der Waals surface area contributed by atoms with Crippen LogP contribution < -0.4 is 10.1 Å². The summed E-state index contributed by atoms with van der Waals surface area (Å²) in [5.74, 6) is 1.45. The van der Waals surface area contributed by atoms with Gasteiger partial charge in [0.2, 0.25) is 5.88 Å². The maximum atomic E-state index is 5.86. The molecule has 21 heavy (non-hydrogen) atoms. The first-order valence-electron chi connectivity index (χ1n) is 7.35. The summed E-state index contributed by atoms with van der Waals surface area (Å²) in [6, 6.07) is 11.9. The van der Waals surface area contributed by atoms with Gasteiger partial charge in [0, 0.05) is 22.8 Å². The van der Waals surface area contributed by atoms with Gasteiger partial charge >= 0.3 is 0 Å². The van der Waals surface area contributed by atoms with Gasteiger partial charge in [0.15, 0.2) is 0 Å². The van der Waals surface area contributed by atoms with Gasteiger partial charge in [-0.1, -0.05) is 29.8 Å². The van der Waals surface area contributed by atoms with E-state index >= 15 is 0 Å². The Balaban J connectivity index is 2.13. The minimum Gasteiger partial charge on any atom is -0.439 e. The molecular weight excluding hydrogens is 328 g/mol. The standard InChI is InChI=1S/C17H21BrN2O/c1-3-9-19-12-13-10-15(4-2)20-17(11-13)21-16-7-5-14(18)6-8-16/h5-8,10-11,19H,3-4,9,12H2,1-2H3. The molecular formula is C17H21BrN2O. The monoisotopic (exact) mass is 348 g/mol. The number of nitrogens with zero attached hydrogens (tertiary/aromatic N) is 1. The van der Waals surface area contributed by atoms with Crippen molar-refractivity contribution in [3.05, 3.63) is 52.1 Å². The van der Waals surface area contributed by atoms with Gasteiger partial charge < -0.3 is 10.1 Å². The molecule has 2 aromatic rings. The molecule has 0 radical (unpaired) electrons. The molecule has 0 spiro atoms. The van der Waals surface area contributed by atoms with Crippen molar-refractivity contribution in [2.45, 2.75) is 33.2 Å². The minimum absolute atomic E-state index is 0.657. The third-order valence-electron chi connectivity index (χ3n) is 3.07. The van der Waals surface area contributed by atoms with Gasteiger partial charge in [-0.3, -0.25) is 0 Å². The third-order valence-corrected chi connectivity index (χ3v) is 3.60. The van der Waals surface area contributed by atoms with Crippen molar-refractivity contribution in [2.24, 2.45) is 0 Å². The summed E-state index contributed by atoms with van der Waals surface area (Å²) in [5, 5.41) is 3.41. The molecule has 0 aliphatic rings. The second kappa shape index (κ2) is 8.15. The van der Waals surface area contributed by atoms with E-state index in [1.54, 1.807) is 0 Å². The normalized spacial score (nSPS) is 10.6. The first-order chi connectivity index (χ1) is 10.2. The Hall–Kier alpha value is -1.39. The summed E-state index contributed by atoms with van der Waals surface area (Å²) in [6.07, 6.45) is 2.03. The predicted molar refractivity (Wildman–Crippen MR) is 89.8 cm³/mol.